The first-order valence-electron chi connectivity index (χ1n) is 8.05. The van der Waals surface area contributed by atoms with Crippen molar-refractivity contribution in [2.75, 3.05) is 13.7 Å². The Labute approximate surface area is 146 Å². The van der Waals surface area contributed by atoms with Gasteiger partial charge in [0.05, 0.1) is 18.4 Å². The maximum Gasteiger partial charge on any atom is 0.337 e. The van der Waals surface area contributed by atoms with E-state index in [2.05, 4.69) is 17.2 Å². The number of ether oxygens (including phenoxy) is 1. The number of carboxylic acids is 1. The van der Waals surface area contributed by atoms with Crippen LogP contribution in [0.15, 0.2) is 36.4 Å². The summed E-state index contributed by atoms with van der Waals surface area (Å²) in [4.78, 5) is 27.2. The van der Waals surface area contributed by atoms with Crippen molar-refractivity contribution in [2.45, 2.75) is 26.2 Å². The van der Waals surface area contributed by atoms with Gasteiger partial charge in [0.2, 0.25) is 0 Å². The highest BCUT2D eigenvalue weighted by atomic mass is 16.5. The number of carbonyl (C=O) groups is 2. The lowest BCUT2D eigenvalue weighted by molar-refractivity contribution is 0.0694. The van der Waals surface area contributed by atoms with E-state index in [1.807, 2.05) is 24.3 Å². The number of benzene rings is 1. The van der Waals surface area contributed by atoms with Crippen molar-refractivity contribution in [1.29, 1.82) is 0 Å². The molecule has 6 heteroatoms. The molecule has 1 heterocycles. The fraction of sp³-hybridized carbons (Fsp3) is 0.316. The molecule has 1 amide bonds. The molecule has 0 aliphatic carbocycles. The van der Waals surface area contributed by atoms with Crippen LogP contribution in [-0.4, -0.2) is 35.6 Å². The maximum atomic E-state index is 12.1. The van der Waals surface area contributed by atoms with Crippen LogP contribution in [0.5, 0.6) is 5.75 Å². The van der Waals surface area contributed by atoms with Crippen LogP contribution in [0.2, 0.25) is 0 Å². The Kier molecular flexibility index (Phi) is 6.11. The third-order valence-corrected chi connectivity index (χ3v) is 4.10. The van der Waals surface area contributed by atoms with Crippen molar-refractivity contribution in [1.82, 2.24) is 10.3 Å². The number of hydrogen-bond acceptors (Lipinski definition) is 4. The summed E-state index contributed by atoms with van der Waals surface area (Å²) in [6, 6.07) is 10.7. The maximum absolute atomic E-state index is 12.1. The number of carboxylic acid groups (broad SMARTS) is 1. The molecule has 0 radical (unpaired) electrons. The Morgan fingerprint density at radius 3 is 2.44 bits per heavy atom. The lowest BCUT2D eigenvalue weighted by atomic mass is 9.98. The number of nitrogens with zero attached hydrogens (tertiary/aromatic N) is 1. The zero-order valence-electron chi connectivity index (χ0n) is 14.6. The molecule has 132 valence electrons. The van der Waals surface area contributed by atoms with E-state index < -0.39 is 5.97 Å². The van der Waals surface area contributed by atoms with Crippen LogP contribution in [-0.2, 0) is 0 Å². The lowest BCUT2D eigenvalue weighted by Gasteiger charge is -2.13. The number of rotatable bonds is 7. The normalized spacial score (nSPS) is 11.6. The Bertz CT molecular complexity index is 757. The van der Waals surface area contributed by atoms with Gasteiger partial charge < -0.3 is 15.2 Å². The molecule has 1 atom stereocenters. The van der Waals surface area contributed by atoms with Crippen LogP contribution in [0, 0.1) is 6.92 Å². The van der Waals surface area contributed by atoms with Crippen molar-refractivity contribution in [3.63, 3.8) is 0 Å². The van der Waals surface area contributed by atoms with E-state index in [9.17, 15) is 9.59 Å². The second kappa shape index (κ2) is 8.28. The van der Waals surface area contributed by atoms with Gasteiger partial charge in [-0.05, 0) is 49.1 Å². The number of pyridine rings is 1. The van der Waals surface area contributed by atoms with Gasteiger partial charge in [0, 0.05) is 6.54 Å². The molecular weight excluding hydrogens is 320 g/mol. The summed E-state index contributed by atoms with van der Waals surface area (Å²) >= 11 is 0. The van der Waals surface area contributed by atoms with Crippen LogP contribution >= 0.6 is 0 Å². The molecule has 0 saturated heterocycles. The average molecular weight is 342 g/mol. The Morgan fingerprint density at radius 2 is 1.88 bits per heavy atom. The van der Waals surface area contributed by atoms with Crippen LogP contribution < -0.4 is 10.1 Å². The summed E-state index contributed by atoms with van der Waals surface area (Å²) in [5.74, 6) is -0.252. The van der Waals surface area contributed by atoms with E-state index in [0.717, 1.165) is 12.2 Å². The van der Waals surface area contributed by atoms with E-state index in [1.165, 1.54) is 17.7 Å². The van der Waals surface area contributed by atoms with Crippen LogP contribution in [0.25, 0.3) is 0 Å². The molecular formula is C19H22N2O4. The van der Waals surface area contributed by atoms with Gasteiger partial charge in [-0.2, -0.15) is 0 Å². The Morgan fingerprint density at radius 1 is 1.20 bits per heavy atom. The van der Waals surface area contributed by atoms with E-state index >= 15 is 0 Å². The third-order valence-electron chi connectivity index (χ3n) is 4.10. The van der Waals surface area contributed by atoms with Gasteiger partial charge in [0.15, 0.2) is 0 Å². The highest BCUT2D eigenvalue weighted by Gasteiger charge is 2.13. The number of carbonyl (C=O) groups excluding carboxylic acids is 1. The van der Waals surface area contributed by atoms with Gasteiger partial charge in [0.25, 0.3) is 5.91 Å². The predicted molar refractivity (Wildman–Crippen MR) is 94.3 cm³/mol. The lowest BCUT2D eigenvalue weighted by Crippen LogP contribution is -2.26. The van der Waals surface area contributed by atoms with Gasteiger partial charge >= 0.3 is 5.97 Å². The van der Waals surface area contributed by atoms with E-state index in [1.54, 1.807) is 14.0 Å². The zero-order chi connectivity index (χ0) is 18.4. The Balaban J connectivity index is 1.89. The average Bonchev–Trinajstić information content (AvgIpc) is 2.61. The van der Waals surface area contributed by atoms with E-state index in [4.69, 9.17) is 9.84 Å². The standard InChI is InChI=1S/C19H22N2O4/c1-12(14-4-6-15(25-3)7-5-14)10-11-20-18(22)17-9-8-16(19(23)24)13(2)21-17/h4-9,12H,10-11H2,1-3H3,(H,20,22)(H,23,24). The highest BCUT2D eigenvalue weighted by molar-refractivity contribution is 5.94. The van der Waals surface area contributed by atoms with Crippen LogP contribution in [0.1, 0.15) is 51.4 Å². The second-order valence-corrected chi connectivity index (χ2v) is 5.85. The Hall–Kier alpha value is -2.89. The molecule has 0 fully saturated rings. The molecule has 0 aliphatic heterocycles. The fourth-order valence-electron chi connectivity index (χ4n) is 2.51. The number of methoxy groups -OCH3 is 1. The molecule has 0 aliphatic rings. The molecule has 2 aromatic rings. The van der Waals surface area contributed by atoms with Crippen molar-refractivity contribution in [3.05, 3.63) is 58.9 Å². The minimum atomic E-state index is -1.05. The van der Waals surface area contributed by atoms with Crippen LogP contribution in [0.4, 0.5) is 0 Å². The number of aromatic carboxylic acids is 1. The van der Waals surface area contributed by atoms with Gasteiger partial charge in [0.1, 0.15) is 11.4 Å². The number of aryl methyl sites for hydroxylation is 1. The van der Waals surface area contributed by atoms with Crippen LogP contribution in [0.3, 0.4) is 0 Å². The summed E-state index contributed by atoms with van der Waals surface area (Å²) < 4.78 is 5.14. The topological polar surface area (TPSA) is 88.5 Å². The van der Waals surface area contributed by atoms with Crippen molar-refractivity contribution >= 4 is 11.9 Å². The molecule has 1 unspecified atom stereocenters. The molecule has 1 aromatic heterocycles. The van der Waals surface area contributed by atoms with Crippen molar-refractivity contribution in [3.8, 4) is 5.75 Å². The molecule has 2 rings (SSSR count). The monoisotopic (exact) mass is 342 g/mol. The molecule has 25 heavy (non-hydrogen) atoms. The minimum absolute atomic E-state index is 0.102. The first-order valence-corrected chi connectivity index (χ1v) is 8.05. The summed E-state index contributed by atoms with van der Waals surface area (Å²) in [5.41, 5.74) is 1.82. The van der Waals surface area contributed by atoms with E-state index in [-0.39, 0.29) is 23.1 Å². The second-order valence-electron chi connectivity index (χ2n) is 5.85. The summed E-state index contributed by atoms with van der Waals surface area (Å²) in [6.07, 6.45) is 0.782. The van der Waals surface area contributed by atoms with Gasteiger partial charge in [-0.25, -0.2) is 9.78 Å². The zero-order valence-corrected chi connectivity index (χ0v) is 14.6. The first-order chi connectivity index (χ1) is 11.9. The smallest absolute Gasteiger partial charge is 0.337 e. The van der Waals surface area contributed by atoms with Crippen molar-refractivity contribution in [2.24, 2.45) is 0 Å². The largest absolute Gasteiger partial charge is 0.497 e. The summed E-state index contributed by atoms with van der Waals surface area (Å²) in [7, 11) is 1.63. The quantitative estimate of drug-likeness (QED) is 0.807. The summed E-state index contributed by atoms with van der Waals surface area (Å²) in [6.45, 7) is 4.18. The molecule has 0 saturated carbocycles. The number of aromatic nitrogens is 1. The third kappa shape index (κ3) is 4.79. The van der Waals surface area contributed by atoms with Gasteiger partial charge in [-0.1, -0.05) is 19.1 Å². The SMILES string of the molecule is COc1ccc(C(C)CCNC(=O)c2ccc(C(=O)O)c(C)n2)cc1. The highest BCUT2D eigenvalue weighted by Crippen LogP contribution is 2.21. The molecule has 2 N–H and O–H groups in total. The molecule has 0 bridgehead atoms. The number of hydrogen-bond donors (Lipinski definition) is 2. The molecule has 0 spiro atoms. The fourth-order valence-corrected chi connectivity index (χ4v) is 2.51. The molecule has 1 aromatic carbocycles. The first kappa shape index (κ1) is 18.4. The van der Waals surface area contributed by atoms with Crippen molar-refractivity contribution < 1.29 is 19.4 Å². The van der Waals surface area contributed by atoms with Gasteiger partial charge in [-0.3, -0.25) is 4.79 Å². The molecule has 6 nitrogen and oxygen atoms in total. The number of amides is 1. The summed E-state index contributed by atoms with van der Waals surface area (Å²) in [5, 5.41) is 11.8. The predicted octanol–water partition coefficient (Wildman–Crippen LogP) is 3.02. The van der Waals surface area contributed by atoms with E-state index in [0.29, 0.717) is 12.2 Å². The van der Waals surface area contributed by atoms with Gasteiger partial charge in [-0.15, -0.1) is 0 Å². The number of nitrogens with one attached hydrogen (secondary N) is 1. The minimum Gasteiger partial charge on any atom is -0.497 e.